The summed E-state index contributed by atoms with van der Waals surface area (Å²) in [5, 5.41) is 3.21. The molecule has 0 amide bonds. The van der Waals surface area contributed by atoms with Gasteiger partial charge in [-0.05, 0) is 18.2 Å². The molecule has 2 aromatic rings. The van der Waals surface area contributed by atoms with E-state index in [-0.39, 0.29) is 12.2 Å². The molecule has 0 fully saturated rings. The van der Waals surface area contributed by atoms with E-state index in [2.05, 4.69) is 5.32 Å². The molecule has 7 heteroatoms. The van der Waals surface area contributed by atoms with Crippen molar-refractivity contribution >= 4 is 17.3 Å². The molecule has 5 nitrogen and oxygen atoms in total. The lowest BCUT2D eigenvalue weighted by atomic mass is 10.3. The maximum absolute atomic E-state index is 13.5. The Morgan fingerprint density at radius 1 is 1.20 bits per heavy atom. The van der Waals surface area contributed by atoms with Gasteiger partial charge in [-0.3, -0.25) is 13.9 Å². The first-order chi connectivity index (χ1) is 9.40. The highest BCUT2D eigenvalue weighted by Gasteiger charge is 2.07. The molecule has 1 heterocycles. The number of nitrogens with zero attached hydrogens (tertiary/aromatic N) is 2. The van der Waals surface area contributed by atoms with Crippen molar-refractivity contribution in [2.75, 3.05) is 5.32 Å². The van der Waals surface area contributed by atoms with Crippen LogP contribution >= 0.6 is 11.6 Å². The molecule has 0 aliphatic heterocycles. The molecule has 2 rings (SSSR count). The Balaban J connectivity index is 2.30. The monoisotopic (exact) mass is 297 g/mol. The molecule has 0 spiro atoms. The molecular formula is C13H13ClFN3O2. The van der Waals surface area contributed by atoms with E-state index < -0.39 is 17.1 Å². The van der Waals surface area contributed by atoms with Crippen LogP contribution in [0.15, 0.2) is 33.9 Å². The topological polar surface area (TPSA) is 56.0 Å². The van der Waals surface area contributed by atoms with Crippen LogP contribution in [0, 0.1) is 5.82 Å². The van der Waals surface area contributed by atoms with Gasteiger partial charge in [0.1, 0.15) is 5.82 Å². The van der Waals surface area contributed by atoms with Crippen LogP contribution in [0.1, 0.15) is 5.69 Å². The SMILES string of the molecule is Cn1c(CNc2cc(Cl)ccc2F)cc(=O)n(C)c1=O. The lowest BCUT2D eigenvalue weighted by Gasteiger charge is -2.12. The molecule has 106 valence electrons. The van der Waals surface area contributed by atoms with Crippen LogP contribution in [0.25, 0.3) is 0 Å². The van der Waals surface area contributed by atoms with Gasteiger partial charge in [0.05, 0.1) is 12.2 Å². The summed E-state index contributed by atoms with van der Waals surface area (Å²) in [6, 6.07) is 5.46. The van der Waals surface area contributed by atoms with Crippen LogP contribution < -0.4 is 16.6 Å². The Hall–Kier alpha value is -2.08. The van der Waals surface area contributed by atoms with Crippen molar-refractivity contribution in [2.24, 2.45) is 14.1 Å². The van der Waals surface area contributed by atoms with Crippen LogP contribution in [0.2, 0.25) is 5.02 Å². The van der Waals surface area contributed by atoms with Crippen molar-refractivity contribution < 1.29 is 4.39 Å². The summed E-state index contributed by atoms with van der Waals surface area (Å²) in [4.78, 5) is 23.3. The summed E-state index contributed by atoms with van der Waals surface area (Å²) in [5.74, 6) is -0.455. The molecule has 0 bridgehead atoms. The van der Waals surface area contributed by atoms with Gasteiger partial charge in [0, 0.05) is 30.9 Å². The molecular weight excluding hydrogens is 285 g/mol. The molecule has 1 N–H and O–H groups in total. The van der Waals surface area contributed by atoms with E-state index >= 15 is 0 Å². The minimum absolute atomic E-state index is 0.138. The zero-order valence-electron chi connectivity index (χ0n) is 11.0. The van der Waals surface area contributed by atoms with Gasteiger partial charge in [-0.15, -0.1) is 0 Å². The number of anilines is 1. The van der Waals surface area contributed by atoms with Crippen LogP contribution in [0.4, 0.5) is 10.1 Å². The molecule has 0 aliphatic carbocycles. The molecule has 0 radical (unpaired) electrons. The van der Waals surface area contributed by atoms with E-state index in [1.165, 1.54) is 35.9 Å². The van der Waals surface area contributed by atoms with Crippen molar-refractivity contribution in [3.05, 3.63) is 61.6 Å². The molecule has 0 saturated heterocycles. The smallest absolute Gasteiger partial charge is 0.330 e. The molecule has 1 aromatic heterocycles. The molecule has 1 aromatic carbocycles. The number of benzene rings is 1. The van der Waals surface area contributed by atoms with Gasteiger partial charge in [-0.2, -0.15) is 0 Å². The third-order valence-electron chi connectivity index (χ3n) is 3.01. The van der Waals surface area contributed by atoms with Crippen LogP contribution in [-0.2, 0) is 20.6 Å². The highest BCUT2D eigenvalue weighted by molar-refractivity contribution is 6.30. The first-order valence-corrected chi connectivity index (χ1v) is 6.23. The van der Waals surface area contributed by atoms with E-state index in [0.717, 1.165) is 4.57 Å². The fraction of sp³-hybridized carbons (Fsp3) is 0.231. The summed E-state index contributed by atoms with van der Waals surface area (Å²) in [5.41, 5.74) is -0.166. The highest BCUT2D eigenvalue weighted by atomic mass is 35.5. The summed E-state index contributed by atoms with van der Waals surface area (Å²) in [6.45, 7) is 0.138. The van der Waals surface area contributed by atoms with E-state index in [0.29, 0.717) is 10.7 Å². The number of hydrogen-bond donors (Lipinski definition) is 1. The Morgan fingerprint density at radius 3 is 2.60 bits per heavy atom. The Labute approximate surface area is 119 Å². The van der Waals surface area contributed by atoms with Gasteiger partial charge in [-0.1, -0.05) is 11.6 Å². The molecule has 0 saturated carbocycles. The zero-order valence-corrected chi connectivity index (χ0v) is 11.7. The lowest BCUT2D eigenvalue weighted by molar-refractivity contribution is 0.627. The fourth-order valence-corrected chi connectivity index (χ4v) is 1.94. The standard InChI is InChI=1S/C13H13ClFN3O2/c1-17-9(6-12(19)18(2)13(17)20)7-16-11-5-8(14)3-4-10(11)15/h3-6,16H,7H2,1-2H3. The number of rotatable bonds is 3. The number of aromatic nitrogens is 2. The first-order valence-electron chi connectivity index (χ1n) is 5.85. The second-order valence-electron chi connectivity index (χ2n) is 4.35. The predicted molar refractivity (Wildman–Crippen MR) is 75.7 cm³/mol. The van der Waals surface area contributed by atoms with Gasteiger partial charge in [0.2, 0.25) is 0 Å². The van der Waals surface area contributed by atoms with E-state index in [9.17, 15) is 14.0 Å². The quantitative estimate of drug-likeness (QED) is 0.934. The molecule has 0 unspecified atom stereocenters. The van der Waals surface area contributed by atoms with Gasteiger partial charge in [-0.25, -0.2) is 9.18 Å². The van der Waals surface area contributed by atoms with Crippen molar-refractivity contribution in [3.63, 3.8) is 0 Å². The Kier molecular flexibility index (Phi) is 3.94. The van der Waals surface area contributed by atoms with Crippen LogP contribution in [0.3, 0.4) is 0 Å². The second-order valence-corrected chi connectivity index (χ2v) is 4.79. The Morgan fingerprint density at radius 2 is 1.90 bits per heavy atom. The normalized spacial score (nSPS) is 10.6. The van der Waals surface area contributed by atoms with Crippen molar-refractivity contribution in [2.45, 2.75) is 6.54 Å². The lowest BCUT2D eigenvalue weighted by Crippen LogP contribution is -2.38. The largest absolute Gasteiger partial charge is 0.377 e. The first kappa shape index (κ1) is 14.3. The van der Waals surface area contributed by atoms with Gasteiger partial charge >= 0.3 is 5.69 Å². The van der Waals surface area contributed by atoms with E-state index in [1.54, 1.807) is 7.05 Å². The summed E-state index contributed by atoms with van der Waals surface area (Å²) >= 11 is 5.79. The summed E-state index contributed by atoms with van der Waals surface area (Å²) in [6.07, 6.45) is 0. The second kappa shape index (κ2) is 5.50. The fourth-order valence-electron chi connectivity index (χ4n) is 1.77. The Bertz CT molecular complexity index is 767. The number of nitrogens with one attached hydrogen (secondary N) is 1. The minimum atomic E-state index is -0.455. The van der Waals surface area contributed by atoms with E-state index in [1.807, 2.05) is 0 Å². The highest BCUT2D eigenvalue weighted by Crippen LogP contribution is 2.19. The van der Waals surface area contributed by atoms with Crippen molar-refractivity contribution in [3.8, 4) is 0 Å². The predicted octanol–water partition coefficient (Wildman–Crippen LogP) is 1.49. The number of halogens is 2. The average molecular weight is 298 g/mol. The third kappa shape index (κ3) is 2.75. The van der Waals surface area contributed by atoms with Crippen molar-refractivity contribution in [1.29, 1.82) is 0 Å². The van der Waals surface area contributed by atoms with Crippen LogP contribution in [0.5, 0.6) is 0 Å². The minimum Gasteiger partial charge on any atom is -0.377 e. The summed E-state index contributed by atoms with van der Waals surface area (Å²) < 4.78 is 15.9. The van der Waals surface area contributed by atoms with Gasteiger partial charge in [0.25, 0.3) is 5.56 Å². The molecule has 0 aliphatic rings. The van der Waals surface area contributed by atoms with Gasteiger partial charge < -0.3 is 5.32 Å². The zero-order chi connectivity index (χ0) is 14.9. The maximum Gasteiger partial charge on any atom is 0.330 e. The molecule has 20 heavy (non-hydrogen) atoms. The maximum atomic E-state index is 13.5. The number of hydrogen-bond acceptors (Lipinski definition) is 3. The van der Waals surface area contributed by atoms with E-state index in [4.69, 9.17) is 11.6 Å². The van der Waals surface area contributed by atoms with Crippen LogP contribution in [-0.4, -0.2) is 9.13 Å². The third-order valence-corrected chi connectivity index (χ3v) is 3.25. The molecule has 0 atom stereocenters. The summed E-state index contributed by atoms with van der Waals surface area (Å²) in [7, 11) is 2.95. The van der Waals surface area contributed by atoms with Crippen molar-refractivity contribution in [1.82, 2.24) is 9.13 Å². The van der Waals surface area contributed by atoms with Gasteiger partial charge in [0.15, 0.2) is 0 Å². The average Bonchev–Trinajstić information content (AvgIpc) is 2.42.